The molecule has 2 heterocycles. The fraction of sp³-hybridized carbons (Fsp3) is 0.471. The molecule has 0 aliphatic heterocycles. The molecule has 124 valence electrons. The summed E-state index contributed by atoms with van der Waals surface area (Å²) in [6, 6.07) is 3.76. The van der Waals surface area contributed by atoms with Gasteiger partial charge >= 0.3 is 0 Å². The average Bonchev–Trinajstić information content (AvgIpc) is 2.84. The van der Waals surface area contributed by atoms with Crippen molar-refractivity contribution in [1.82, 2.24) is 19.8 Å². The second-order valence-corrected chi connectivity index (χ2v) is 7.29. The van der Waals surface area contributed by atoms with E-state index in [4.69, 9.17) is 0 Å². The van der Waals surface area contributed by atoms with E-state index < -0.39 is 0 Å². The van der Waals surface area contributed by atoms with Crippen LogP contribution in [0.15, 0.2) is 18.3 Å². The van der Waals surface area contributed by atoms with Gasteiger partial charge in [-0.1, -0.05) is 0 Å². The largest absolute Gasteiger partial charge is 0.334 e. The molecule has 0 saturated heterocycles. The molecule has 0 aromatic carbocycles. The molecule has 0 bridgehead atoms. The number of aryl methyl sites for hydroxylation is 2. The Morgan fingerprint density at radius 2 is 1.96 bits per heavy atom. The van der Waals surface area contributed by atoms with Crippen LogP contribution in [0.2, 0.25) is 0 Å². The van der Waals surface area contributed by atoms with E-state index in [1.807, 2.05) is 58.9 Å². The van der Waals surface area contributed by atoms with E-state index in [1.165, 1.54) is 0 Å². The number of amides is 1. The highest BCUT2D eigenvalue weighted by Gasteiger charge is 2.22. The predicted molar refractivity (Wildman–Crippen MR) is 93.7 cm³/mol. The Kier molecular flexibility index (Phi) is 5.49. The SMILES string of the molecule is Cc1nc(C)c(C(C)N(C)C(=O)c2ccc(CN(C)C)nc2)s1. The summed E-state index contributed by atoms with van der Waals surface area (Å²) in [5, 5.41) is 1.03. The highest BCUT2D eigenvalue weighted by molar-refractivity contribution is 7.11. The number of carbonyl (C=O) groups excluding carboxylic acids is 1. The third-order valence-corrected chi connectivity index (χ3v) is 5.01. The Labute approximate surface area is 142 Å². The number of pyridine rings is 1. The third kappa shape index (κ3) is 4.14. The third-order valence-electron chi connectivity index (χ3n) is 3.77. The van der Waals surface area contributed by atoms with Crippen LogP contribution in [0.25, 0.3) is 0 Å². The van der Waals surface area contributed by atoms with Gasteiger partial charge in [-0.2, -0.15) is 0 Å². The lowest BCUT2D eigenvalue weighted by Gasteiger charge is -2.24. The molecule has 2 rings (SSSR count). The minimum atomic E-state index is -0.0214. The normalized spacial score (nSPS) is 12.5. The fourth-order valence-corrected chi connectivity index (χ4v) is 3.48. The van der Waals surface area contributed by atoms with Crippen LogP contribution in [0, 0.1) is 13.8 Å². The zero-order valence-corrected chi connectivity index (χ0v) is 15.4. The molecule has 0 aliphatic carbocycles. The van der Waals surface area contributed by atoms with Gasteiger partial charge in [0.2, 0.25) is 0 Å². The van der Waals surface area contributed by atoms with Gasteiger partial charge in [-0.25, -0.2) is 4.98 Å². The summed E-state index contributed by atoms with van der Waals surface area (Å²) in [4.78, 5) is 26.4. The van der Waals surface area contributed by atoms with Gasteiger partial charge in [-0.15, -0.1) is 11.3 Å². The first-order valence-corrected chi connectivity index (χ1v) is 8.42. The molecule has 6 heteroatoms. The maximum absolute atomic E-state index is 12.7. The zero-order chi connectivity index (χ0) is 17.1. The molecule has 0 spiro atoms. The first-order valence-electron chi connectivity index (χ1n) is 7.60. The van der Waals surface area contributed by atoms with Crippen LogP contribution in [0.3, 0.4) is 0 Å². The molecule has 0 aliphatic rings. The molecule has 0 radical (unpaired) electrons. The van der Waals surface area contributed by atoms with Gasteiger partial charge in [0.05, 0.1) is 28.0 Å². The second-order valence-electron chi connectivity index (χ2n) is 6.05. The number of nitrogens with zero attached hydrogens (tertiary/aromatic N) is 4. The molecule has 23 heavy (non-hydrogen) atoms. The first kappa shape index (κ1) is 17.6. The smallest absolute Gasteiger partial charge is 0.255 e. The standard InChI is InChI=1S/C17H24N4OS/c1-11-16(23-13(3)19-11)12(2)21(6)17(22)14-7-8-15(18-9-14)10-20(4)5/h7-9,12H,10H2,1-6H3. The molecule has 1 amide bonds. The van der Waals surface area contributed by atoms with E-state index in [0.717, 1.165) is 27.8 Å². The molecule has 0 N–H and O–H groups in total. The summed E-state index contributed by atoms with van der Waals surface area (Å²) in [6.45, 7) is 6.78. The lowest BCUT2D eigenvalue weighted by molar-refractivity contribution is 0.0744. The summed E-state index contributed by atoms with van der Waals surface area (Å²) in [7, 11) is 5.82. The molecular weight excluding hydrogens is 308 g/mol. The number of hydrogen-bond acceptors (Lipinski definition) is 5. The van der Waals surface area contributed by atoms with Crippen LogP contribution >= 0.6 is 11.3 Å². The number of carbonyl (C=O) groups is 1. The minimum absolute atomic E-state index is 0.00449. The van der Waals surface area contributed by atoms with Crippen molar-refractivity contribution < 1.29 is 4.79 Å². The Hall–Kier alpha value is -1.79. The Morgan fingerprint density at radius 1 is 1.26 bits per heavy atom. The van der Waals surface area contributed by atoms with Gasteiger partial charge in [-0.3, -0.25) is 9.78 Å². The molecule has 2 aromatic heterocycles. The van der Waals surface area contributed by atoms with Crippen LogP contribution in [-0.2, 0) is 6.54 Å². The Bertz CT molecular complexity index is 678. The van der Waals surface area contributed by atoms with E-state index in [-0.39, 0.29) is 11.9 Å². The van der Waals surface area contributed by atoms with Crippen molar-refractivity contribution in [2.45, 2.75) is 33.4 Å². The monoisotopic (exact) mass is 332 g/mol. The molecule has 0 fully saturated rings. The summed E-state index contributed by atoms with van der Waals surface area (Å²) in [5.74, 6) is -0.0214. The molecule has 0 saturated carbocycles. The Morgan fingerprint density at radius 3 is 2.43 bits per heavy atom. The predicted octanol–water partition coefficient (Wildman–Crippen LogP) is 3.05. The summed E-state index contributed by atoms with van der Waals surface area (Å²) >= 11 is 1.65. The van der Waals surface area contributed by atoms with Gasteiger partial charge in [0.15, 0.2) is 0 Å². The molecule has 1 unspecified atom stereocenters. The van der Waals surface area contributed by atoms with E-state index in [9.17, 15) is 4.79 Å². The molecule has 5 nitrogen and oxygen atoms in total. The highest BCUT2D eigenvalue weighted by atomic mass is 32.1. The summed E-state index contributed by atoms with van der Waals surface area (Å²) in [6.07, 6.45) is 1.66. The second kappa shape index (κ2) is 7.19. The van der Waals surface area contributed by atoms with E-state index in [1.54, 1.807) is 22.4 Å². The van der Waals surface area contributed by atoms with Gasteiger partial charge in [0.1, 0.15) is 0 Å². The average molecular weight is 332 g/mol. The lowest BCUT2D eigenvalue weighted by Crippen LogP contribution is -2.29. The maximum Gasteiger partial charge on any atom is 0.255 e. The summed E-state index contributed by atoms with van der Waals surface area (Å²) < 4.78 is 0. The van der Waals surface area contributed by atoms with Gasteiger partial charge in [-0.05, 0) is 47.0 Å². The summed E-state index contributed by atoms with van der Waals surface area (Å²) in [5.41, 5.74) is 2.57. The highest BCUT2D eigenvalue weighted by Crippen LogP contribution is 2.29. The van der Waals surface area contributed by atoms with Crippen molar-refractivity contribution in [3.63, 3.8) is 0 Å². The molecule has 1 atom stereocenters. The fourth-order valence-electron chi connectivity index (χ4n) is 2.46. The number of aromatic nitrogens is 2. The van der Waals surface area contributed by atoms with Crippen LogP contribution < -0.4 is 0 Å². The molecule has 2 aromatic rings. The number of thiazole rings is 1. The quantitative estimate of drug-likeness (QED) is 0.844. The van der Waals surface area contributed by atoms with Crippen molar-refractivity contribution >= 4 is 17.2 Å². The maximum atomic E-state index is 12.7. The lowest BCUT2D eigenvalue weighted by atomic mass is 10.1. The van der Waals surface area contributed by atoms with Gasteiger partial charge < -0.3 is 9.80 Å². The topological polar surface area (TPSA) is 49.3 Å². The van der Waals surface area contributed by atoms with Gasteiger partial charge in [0, 0.05) is 24.7 Å². The minimum Gasteiger partial charge on any atom is -0.334 e. The van der Waals surface area contributed by atoms with Crippen molar-refractivity contribution in [3.8, 4) is 0 Å². The van der Waals surface area contributed by atoms with Crippen LogP contribution in [0.4, 0.5) is 0 Å². The molecular formula is C17H24N4OS. The number of hydrogen-bond donors (Lipinski definition) is 0. The van der Waals surface area contributed by atoms with E-state index >= 15 is 0 Å². The van der Waals surface area contributed by atoms with Crippen molar-refractivity contribution in [3.05, 3.63) is 45.2 Å². The van der Waals surface area contributed by atoms with E-state index in [0.29, 0.717) is 5.56 Å². The van der Waals surface area contributed by atoms with Crippen molar-refractivity contribution in [1.29, 1.82) is 0 Å². The van der Waals surface area contributed by atoms with Crippen LogP contribution in [0.1, 0.15) is 44.6 Å². The van der Waals surface area contributed by atoms with Crippen molar-refractivity contribution in [2.75, 3.05) is 21.1 Å². The first-order chi connectivity index (χ1) is 10.8. The van der Waals surface area contributed by atoms with Crippen molar-refractivity contribution in [2.24, 2.45) is 0 Å². The number of rotatable bonds is 5. The van der Waals surface area contributed by atoms with Gasteiger partial charge in [0.25, 0.3) is 5.91 Å². The Balaban J connectivity index is 2.14. The van der Waals surface area contributed by atoms with Crippen LogP contribution in [-0.4, -0.2) is 46.8 Å². The van der Waals surface area contributed by atoms with E-state index in [2.05, 4.69) is 9.97 Å². The zero-order valence-electron chi connectivity index (χ0n) is 14.6. The van der Waals surface area contributed by atoms with Crippen LogP contribution in [0.5, 0.6) is 0 Å².